The SMILES string of the molecule is CN1CCO[C@]2(CCC[C@H]2COc2cccnc2)C1. The van der Waals surface area contributed by atoms with Gasteiger partial charge in [0.05, 0.1) is 25.0 Å². The van der Waals surface area contributed by atoms with Crippen LogP contribution in [-0.2, 0) is 4.74 Å². The molecule has 1 aromatic rings. The summed E-state index contributed by atoms with van der Waals surface area (Å²) in [5.41, 5.74) is 0.0230. The third kappa shape index (κ3) is 2.74. The van der Waals surface area contributed by atoms with E-state index in [1.54, 1.807) is 12.4 Å². The smallest absolute Gasteiger partial charge is 0.137 e. The molecule has 1 aliphatic carbocycles. The fraction of sp³-hybridized carbons (Fsp3) is 0.667. The molecule has 2 fully saturated rings. The van der Waals surface area contributed by atoms with Crippen LogP contribution in [0.5, 0.6) is 5.75 Å². The lowest BCUT2D eigenvalue weighted by molar-refractivity contribution is -0.130. The van der Waals surface area contributed by atoms with Crippen LogP contribution in [0.3, 0.4) is 0 Å². The monoisotopic (exact) mass is 262 g/mol. The topological polar surface area (TPSA) is 34.6 Å². The van der Waals surface area contributed by atoms with Crippen molar-refractivity contribution in [2.75, 3.05) is 33.4 Å². The highest BCUT2D eigenvalue weighted by molar-refractivity contribution is 5.15. The van der Waals surface area contributed by atoms with Gasteiger partial charge in [-0.1, -0.05) is 0 Å². The van der Waals surface area contributed by atoms with E-state index in [0.717, 1.165) is 32.1 Å². The third-order valence-electron chi connectivity index (χ3n) is 4.38. The fourth-order valence-corrected chi connectivity index (χ4v) is 3.36. The van der Waals surface area contributed by atoms with Crippen molar-refractivity contribution in [3.63, 3.8) is 0 Å². The molecule has 1 aromatic heterocycles. The lowest BCUT2D eigenvalue weighted by atomic mass is 9.89. The maximum Gasteiger partial charge on any atom is 0.137 e. The highest BCUT2D eigenvalue weighted by atomic mass is 16.5. The molecule has 2 atom stereocenters. The average molecular weight is 262 g/mol. The largest absolute Gasteiger partial charge is 0.492 e. The summed E-state index contributed by atoms with van der Waals surface area (Å²) in [5.74, 6) is 1.35. The number of morpholine rings is 1. The Morgan fingerprint density at radius 2 is 2.53 bits per heavy atom. The molecule has 1 saturated carbocycles. The normalized spacial score (nSPS) is 31.7. The van der Waals surface area contributed by atoms with Crippen molar-refractivity contribution in [2.45, 2.75) is 24.9 Å². The Bertz CT molecular complexity index is 412. The van der Waals surface area contributed by atoms with E-state index in [1.807, 2.05) is 12.1 Å². The predicted molar refractivity (Wildman–Crippen MR) is 73.3 cm³/mol. The molecule has 4 heteroatoms. The van der Waals surface area contributed by atoms with Gasteiger partial charge < -0.3 is 14.4 Å². The van der Waals surface area contributed by atoms with E-state index < -0.39 is 0 Å². The molecular weight excluding hydrogens is 240 g/mol. The molecule has 4 nitrogen and oxygen atoms in total. The summed E-state index contributed by atoms with van der Waals surface area (Å²) in [6, 6.07) is 3.87. The zero-order valence-corrected chi connectivity index (χ0v) is 11.5. The van der Waals surface area contributed by atoms with Crippen LogP contribution in [0.25, 0.3) is 0 Å². The number of rotatable bonds is 3. The number of hydrogen-bond donors (Lipinski definition) is 0. The van der Waals surface area contributed by atoms with Gasteiger partial charge in [0.1, 0.15) is 5.75 Å². The first-order valence-electron chi connectivity index (χ1n) is 7.14. The molecule has 19 heavy (non-hydrogen) atoms. The number of aromatic nitrogens is 1. The van der Waals surface area contributed by atoms with Gasteiger partial charge in [-0.25, -0.2) is 0 Å². The fourth-order valence-electron chi connectivity index (χ4n) is 3.36. The molecule has 0 aromatic carbocycles. The van der Waals surface area contributed by atoms with Crippen LogP contribution in [0.4, 0.5) is 0 Å². The predicted octanol–water partition coefficient (Wildman–Crippen LogP) is 1.96. The number of pyridine rings is 1. The van der Waals surface area contributed by atoms with Crippen LogP contribution < -0.4 is 4.74 Å². The van der Waals surface area contributed by atoms with Gasteiger partial charge in [-0.15, -0.1) is 0 Å². The summed E-state index contributed by atoms with van der Waals surface area (Å²) in [6.07, 6.45) is 7.15. The zero-order valence-electron chi connectivity index (χ0n) is 11.5. The highest BCUT2D eigenvalue weighted by Gasteiger charge is 2.46. The molecule has 0 amide bonds. The van der Waals surface area contributed by atoms with Gasteiger partial charge in [-0.05, 0) is 38.4 Å². The average Bonchev–Trinajstić information content (AvgIpc) is 2.79. The standard InChI is InChI=1S/C15H22N2O2/c1-17-8-9-19-15(12-17)6-2-4-13(15)11-18-14-5-3-7-16-10-14/h3,5,7,10,13H,2,4,6,8-9,11-12H2,1H3/t13-,15+/m0/s1. The number of hydrogen-bond acceptors (Lipinski definition) is 4. The van der Waals surface area contributed by atoms with Crippen molar-refractivity contribution in [3.8, 4) is 5.75 Å². The highest BCUT2D eigenvalue weighted by Crippen LogP contribution is 2.41. The number of likely N-dealkylation sites (N-methyl/N-ethyl adjacent to an activating group) is 1. The van der Waals surface area contributed by atoms with Crippen molar-refractivity contribution in [2.24, 2.45) is 5.92 Å². The van der Waals surface area contributed by atoms with E-state index in [9.17, 15) is 0 Å². The molecule has 0 bridgehead atoms. The summed E-state index contributed by atoms with van der Waals surface area (Å²) >= 11 is 0. The van der Waals surface area contributed by atoms with Crippen molar-refractivity contribution < 1.29 is 9.47 Å². The maximum atomic E-state index is 6.16. The first-order valence-corrected chi connectivity index (χ1v) is 7.14. The zero-order chi connectivity index (χ0) is 13.1. The molecule has 104 valence electrons. The van der Waals surface area contributed by atoms with E-state index in [4.69, 9.17) is 9.47 Å². The molecule has 2 heterocycles. The number of nitrogens with zero attached hydrogens (tertiary/aromatic N) is 2. The Labute approximate surface area is 114 Å². The van der Waals surface area contributed by atoms with Crippen LogP contribution in [0.2, 0.25) is 0 Å². The summed E-state index contributed by atoms with van der Waals surface area (Å²) in [7, 11) is 2.18. The number of ether oxygens (including phenoxy) is 2. The molecule has 1 spiro atoms. The van der Waals surface area contributed by atoms with E-state index in [1.165, 1.54) is 19.3 Å². The summed E-state index contributed by atoms with van der Waals surface area (Å²) in [4.78, 5) is 6.46. The quantitative estimate of drug-likeness (QED) is 0.834. The van der Waals surface area contributed by atoms with Crippen LogP contribution in [0.15, 0.2) is 24.5 Å². The lowest BCUT2D eigenvalue weighted by Gasteiger charge is -2.42. The van der Waals surface area contributed by atoms with Gasteiger partial charge in [-0.2, -0.15) is 0 Å². The molecule has 1 saturated heterocycles. The van der Waals surface area contributed by atoms with Crippen LogP contribution in [0.1, 0.15) is 19.3 Å². The van der Waals surface area contributed by atoms with Crippen molar-refractivity contribution in [3.05, 3.63) is 24.5 Å². The van der Waals surface area contributed by atoms with Crippen molar-refractivity contribution >= 4 is 0 Å². The Morgan fingerprint density at radius 1 is 1.58 bits per heavy atom. The van der Waals surface area contributed by atoms with Gasteiger partial charge in [0.25, 0.3) is 0 Å². The Morgan fingerprint density at radius 3 is 3.32 bits per heavy atom. The molecule has 3 rings (SSSR count). The minimum atomic E-state index is 0.0230. The second kappa shape index (κ2) is 5.47. The van der Waals surface area contributed by atoms with Gasteiger partial charge in [-0.3, -0.25) is 4.98 Å². The van der Waals surface area contributed by atoms with Crippen LogP contribution in [-0.4, -0.2) is 48.8 Å². The van der Waals surface area contributed by atoms with E-state index in [-0.39, 0.29) is 5.60 Å². The molecule has 0 N–H and O–H groups in total. The minimum Gasteiger partial charge on any atom is -0.492 e. The molecule has 1 aliphatic heterocycles. The van der Waals surface area contributed by atoms with Gasteiger partial charge in [0.15, 0.2) is 0 Å². The van der Waals surface area contributed by atoms with Gasteiger partial charge in [0, 0.05) is 25.2 Å². The summed E-state index contributed by atoms with van der Waals surface area (Å²) in [6.45, 7) is 3.66. The first kappa shape index (κ1) is 12.9. The first-order chi connectivity index (χ1) is 9.28. The summed E-state index contributed by atoms with van der Waals surface area (Å²) < 4.78 is 12.1. The van der Waals surface area contributed by atoms with Crippen molar-refractivity contribution in [1.29, 1.82) is 0 Å². The van der Waals surface area contributed by atoms with Gasteiger partial charge in [0.2, 0.25) is 0 Å². The maximum absolute atomic E-state index is 6.16. The van der Waals surface area contributed by atoms with Crippen LogP contribution in [0, 0.1) is 5.92 Å². The molecule has 0 radical (unpaired) electrons. The Hall–Kier alpha value is -1.13. The molecule has 2 aliphatic rings. The Balaban J connectivity index is 1.63. The molecule has 0 unspecified atom stereocenters. The van der Waals surface area contributed by atoms with E-state index >= 15 is 0 Å². The summed E-state index contributed by atoms with van der Waals surface area (Å²) in [5, 5.41) is 0. The van der Waals surface area contributed by atoms with Gasteiger partial charge >= 0.3 is 0 Å². The lowest BCUT2D eigenvalue weighted by Crippen LogP contribution is -2.53. The second-order valence-electron chi connectivity index (χ2n) is 5.74. The van der Waals surface area contributed by atoms with Crippen molar-refractivity contribution in [1.82, 2.24) is 9.88 Å². The van der Waals surface area contributed by atoms with E-state index in [2.05, 4.69) is 16.9 Å². The van der Waals surface area contributed by atoms with Crippen LogP contribution >= 0.6 is 0 Å². The van der Waals surface area contributed by atoms with E-state index in [0.29, 0.717) is 5.92 Å². The second-order valence-corrected chi connectivity index (χ2v) is 5.74. The third-order valence-corrected chi connectivity index (χ3v) is 4.38. The Kier molecular flexibility index (Phi) is 3.71. The minimum absolute atomic E-state index is 0.0230. The molecular formula is C15H22N2O2.